The van der Waals surface area contributed by atoms with Gasteiger partial charge < -0.3 is 18.8 Å². The highest BCUT2D eigenvalue weighted by molar-refractivity contribution is 6.31. The molecule has 0 spiro atoms. The Kier molecular flexibility index (Phi) is 6.28. The van der Waals surface area contributed by atoms with Crippen LogP contribution < -0.4 is 14.2 Å². The molecule has 1 heterocycles. The van der Waals surface area contributed by atoms with Crippen LogP contribution >= 0.6 is 11.6 Å². The fourth-order valence-electron chi connectivity index (χ4n) is 4.19. The van der Waals surface area contributed by atoms with Crippen molar-refractivity contribution in [3.63, 3.8) is 0 Å². The number of fused-ring (bicyclic) bond motifs is 2. The van der Waals surface area contributed by atoms with Gasteiger partial charge in [-0.05, 0) is 65.2 Å². The van der Waals surface area contributed by atoms with E-state index in [9.17, 15) is 0 Å². The predicted molar refractivity (Wildman–Crippen MR) is 136 cm³/mol. The highest BCUT2D eigenvalue weighted by atomic mass is 35.5. The number of rotatable bonds is 8. The molecule has 5 rings (SSSR count). The predicted octanol–water partition coefficient (Wildman–Crippen LogP) is 6.68. The number of imidazole rings is 1. The maximum absolute atomic E-state index is 6.32. The molecule has 0 amide bonds. The van der Waals surface area contributed by atoms with Gasteiger partial charge in [0.1, 0.15) is 18.2 Å². The molecule has 0 fully saturated rings. The van der Waals surface area contributed by atoms with Crippen molar-refractivity contribution < 1.29 is 14.2 Å². The van der Waals surface area contributed by atoms with Crippen LogP contribution in [0, 0.1) is 0 Å². The highest BCUT2D eigenvalue weighted by Gasteiger charge is 2.13. The van der Waals surface area contributed by atoms with Crippen LogP contribution in [0.2, 0.25) is 5.02 Å². The lowest BCUT2D eigenvalue weighted by atomic mass is 10.1. The van der Waals surface area contributed by atoms with Crippen LogP contribution in [0.25, 0.3) is 21.8 Å². The van der Waals surface area contributed by atoms with Gasteiger partial charge in [0.2, 0.25) is 0 Å². The molecule has 0 N–H and O–H groups in total. The number of aryl methyl sites for hydroxylation is 2. The summed E-state index contributed by atoms with van der Waals surface area (Å²) in [5, 5.41) is 3.02. The Morgan fingerprint density at radius 2 is 1.65 bits per heavy atom. The minimum absolute atomic E-state index is 0.358. The molecule has 0 aliphatic carbocycles. The lowest BCUT2D eigenvalue weighted by Gasteiger charge is -2.13. The third-order valence-electron chi connectivity index (χ3n) is 5.95. The Balaban J connectivity index is 1.41. The first kappa shape index (κ1) is 22.1. The summed E-state index contributed by atoms with van der Waals surface area (Å²) < 4.78 is 19.2. The van der Waals surface area contributed by atoms with E-state index in [4.69, 9.17) is 30.8 Å². The van der Waals surface area contributed by atoms with Gasteiger partial charge in [0.05, 0.1) is 25.3 Å². The van der Waals surface area contributed by atoms with Gasteiger partial charge in [-0.15, -0.1) is 0 Å². The van der Waals surface area contributed by atoms with E-state index < -0.39 is 0 Å². The van der Waals surface area contributed by atoms with Crippen LogP contribution in [0.5, 0.6) is 17.2 Å². The maximum atomic E-state index is 6.32. The molecule has 0 atom stereocenters. The molecule has 0 aliphatic rings. The average Bonchev–Trinajstić information content (AvgIpc) is 3.22. The number of ether oxygens (including phenoxy) is 3. The van der Waals surface area contributed by atoms with E-state index in [1.807, 2.05) is 48.5 Å². The minimum atomic E-state index is 0.358. The van der Waals surface area contributed by atoms with Gasteiger partial charge in [-0.1, -0.05) is 48.0 Å². The number of hydrogen-bond donors (Lipinski definition) is 0. The largest absolute Gasteiger partial charge is 0.493 e. The van der Waals surface area contributed by atoms with E-state index in [1.165, 1.54) is 5.39 Å². The van der Waals surface area contributed by atoms with E-state index in [2.05, 4.69) is 34.9 Å². The molecule has 0 radical (unpaired) electrons. The lowest BCUT2D eigenvalue weighted by Crippen LogP contribution is -2.09. The first-order chi connectivity index (χ1) is 16.6. The van der Waals surface area contributed by atoms with Crippen LogP contribution in [-0.2, 0) is 19.6 Å². The molecular formula is C28H25ClN2O3. The summed E-state index contributed by atoms with van der Waals surface area (Å²) in [6, 6.07) is 26.1. The van der Waals surface area contributed by atoms with Gasteiger partial charge in [-0.3, -0.25) is 0 Å². The molecular weight excluding hydrogens is 448 g/mol. The van der Waals surface area contributed by atoms with Crippen LogP contribution in [0.15, 0.2) is 78.9 Å². The summed E-state index contributed by atoms with van der Waals surface area (Å²) >= 11 is 6.32. The Hall–Kier alpha value is -3.70. The van der Waals surface area contributed by atoms with Gasteiger partial charge in [0.25, 0.3) is 0 Å². The fourth-order valence-corrected chi connectivity index (χ4v) is 4.35. The van der Waals surface area contributed by atoms with Crippen LogP contribution in [0.3, 0.4) is 0 Å². The molecule has 5 nitrogen and oxygen atoms in total. The molecule has 0 saturated heterocycles. The van der Waals surface area contributed by atoms with Crippen molar-refractivity contribution in [1.82, 2.24) is 9.55 Å². The zero-order valence-electron chi connectivity index (χ0n) is 19.1. The second-order valence-corrected chi connectivity index (χ2v) is 8.49. The Morgan fingerprint density at radius 1 is 0.824 bits per heavy atom. The quantitative estimate of drug-likeness (QED) is 0.252. The van der Waals surface area contributed by atoms with Gasteiger partial charge in [0, 0.05) is 11.6 Å². The summed E-state index contributed by atoms with van der Waals surface area (Å²) in [7, 11) is 3.29. The zero-order valence-corrected chi connectivity index (χ0v) is 19.9. The molecule has 0 bridgehead atoms. The smallest absolute Gasteiger partial charge is 0.160 e. The van der Waals surface area contributed by atoms with E-state index >= 15 is 0 Å². The number of methoxy groups -OCH3 is 2. The molecule has 0 saturated carbocycles. The second kappa shape index (κ2) is 9.65. The summed E-state index contributed by atoms with van der Waals surface area (Å²) in [4.78, 5) is 4.84. The van der Waals surface area contributed by atoms with Crippen molar-refractivity contribution in [3.8, 4) is 17.2 Å². The summed E-state index contributed by atoms with van der Waals surface area (Å²) in [5.74, 6) is 3.11. The summed E-state index contributed by atoms with van der Waals surface area (Å²) in [6.45, 7) is 1.08. The van der Waals surface area contributed by atoms with Gasteiger partial charge >= 0.3 is 0 Å². The van der Waals surface area contributed by atoms with E-state index in [0.717, 1.165) is 58.0 Å². The number of benzene rings is 4. The molecule has 4 aromatic carbocycles. The molecule has 6 heteroatoms. The molecule has 172 valence electrons. The van der Waals surface area contributed by atoms with Crippen molar-refractivity contribution in [2.24, 2.45) is 0 Å². The molecule has 1 aromatic heterocycles. The Bertz CT molecular complexity index is 1460. The SMILES string of the molecule is COc1ccc(CCn2c(COc3ccc4ccccc4c3)nc3ccc(Cl)cc32)cc1OC. The van der Waals surface area contributed by atoms with E-state index in [1.54, 1.807) is 14.2 Å². The van der Waals surface area contributed by atoms with Crippen molar-refractivity contribution in [1.29, 1.82) is 0 Å². The van der Waals surface area contributed by atoms with E-state index in [0.29, 0.717) is 11.6 Å². The molecule has 34 heavy (non-hydrogen) atoms. The van der Waals surface area contributed by atoms with Gasteiger partial charge in [0.15, 0.2) is 11.5 Å². The first-order valence-corrected chi connectivity index (χ1v) is 11.5. The van der Waals surface area contributed by atoms with Crippen LogP contribution in [-0.4, -0.2) is 23.8 Å². The first-order valence-electron chi connectivity index (χ1n) is 11.1. The van der Waals surface area contributed by atoms with Crippen molar-refractivity contribution in [2.45, 2.75) is 19.6 Å². The van der Waals surface area contributed by atoms with Crippen molar-refractivity contribution in [2.75, 3.05) is 14.2 Å². The third-order valence-corrected chi connectivity index (χ3v) is 6.19. The molecule has 5 aromatic rings. The number of aromatic nitrogens is 2. The second-order valence-electron chi connectivity index (χ2n) is 8.05. The van der Waals surface area contributed by atoms with Gasteiger partial charge in [-0.2, -0.15) is 0 Å². The van der Waals surface area contributed by atoms with Crippen molar-refractivity contribution in [3.05, 3.63) is 95.3 Å². The Morgan fingerprint density at radius 3 is 2.47 bits per heavy atom. The lowest BCUT2D eigenvalue weighted by molar-refractivity contribution is 0.290. The fraction of sp³-hybridized carbons (Fsp3) is 0.179. The van der Waals surface area contributed by atoms with Crippen LogP contribution in [0.1, 0.15) is 11.4 Å². The average molecular weight is 473 g/mol. The summed E-state index contributed by atoms with van der Waals surface area (Å²) in [6.07, 6.45) is 0.793. The zero-order chi connectivity index (χ0) is 23.5. The normalized spacial score (nSPS) is 11.1. The number of halogens is 1. The molecule has 0 aliphatic heterocycles. The topological polar surface area (TPSA) is 45.5 Å². The van der Waals surface area contributed by atoms with E-state index in [-0.39, 0.29) is 0 Å². The molecule has 0 unspecified atom stereocenters. The van der Waals surface area contributed by atoms with Crippen LogP contribution in [0.4, 0.5) is 0 Å². The van der Waals surface area contributed by atoms with Crippen molar-refractivity contribution >= 4 is 33.4 Å². The maximum Gasteiger partial charge on any atom is 0.160 e. The Labute approximate surface area is 203 Å². The third kappa shape index (κ3) is 4.52. The summed E-state index contributed by atoms with van der Waals surface area (Å²) in [5.41, 5.74) is 3.03. The number of nitrogens with zero attached hydrogens (tertiary/aromatic N) is 2. The standard InChI is InChI=1S/C28H25ClN2O3/c1-32-26-12-7-19(15-27(26)33-2)13-14-31-25-17-22(29)9-11-24(25)30-28(31)18-34-23-10-8-20-5-3-4-6-21(20)16-23/h3-12,15-17H,13-14,18H2,1-2H3. The monoisotopic (exact) mass is 472 g/mol. The highest BCUT2D eigenvalue weighted by Crippen LogP contribution is 2.29. The minimum Gasteiger partial charge on any atom is -0.493 e. The van der Waals surface area contributed by atoms with Gasteiger partial charge in [-0.25, -0.2) is 4.98 Å². The number of hydrogen-bond acceptors (Lipinski definition) is 4.